The van der Waals surface area contributed by atoms with Crippen molar-refractivity contribution in [2.24, 2.45) is 0 Å². The van der Waals surface area contributed by atoms with Crippen LogP contribution >= 0.6 is 0 Å². The molecule has 0 spiro atoms. The molecule has 30 heavy (non-hydrogen) atoms. The first-order valence-electron chi connectivity index (χ1n) is 9.13. The molecule has 0 fully saturated rings. The van der Waals surface area contributed by atoms with Gasteiger partial charge in [0.1, 0.15) is 6.04 Å². The van der Waals surface area contributed by atoms with Crippen molar-refractivity contribution in [3.8, 4) is 23.3 Å². The van der Waals surface area contributed by atoms with Crippen LogP contribution in [0, 0.1) is 11.3 Å². The number of carbonyl (C=O) groups excluding carboxylic acids is 1. The van der Waals surface area contributed by atoms with Crippen molar-refractivity contribution in [2.75, 3.05) is 21.3 Å². The lowest BCUT2D eigenvalue weighted by molar-refractivity contribution is -0.116. The molecule has 1 N–H and O–H groups in total. The third kappa shape index (κ3) is 4.33. The fourth-order valence-corrected chi connectivity index (χ4v) is 3.08. The Morgan fingerprint density at radius 1 is 1.10 bits per heavy atom. The number of carbonyl (C=O) groups is 1. The molecule has 0 aliphatic heterocycles. The Kier molecular flexibility index (Phi) is 6.50. The van der Waals surface area contributed by atoms with E-state index < -0.39 is 11.9 Å². The van der Waals surface area contributed by atoms with E-state index in [0.717, 1.165) is 16.5 Å². The maximum Gasteiger partial charge on any atom is 0.245 e. The molecular formula is C23H21N3O4. The number of hydrogen-bond donors (Lipinski definition) is 1. The van der Waals surface area contributed by atoms with Crippen molar-refractivity contribution in [1.82, 2.24) is 10.3 Å². The van der Waals surface area contributed by atoms with E-state index in [4.69, 9.17) is 14.2 Å². The van der Waals surface area contributed by atoms with Crippen molar-refractivity contribution in [2.45, 2.75) is 6.04 Å². The molecule has 0 saturated heterocycles. The van der Waals surface area contributed by atoms with Gasteiger partial charge < -0.3 is 19.5 Å². The second-order valence-corrected chi connectivity index (χ2v) is 6.29. The first-order chi connectivity index (χ1) is 14.6. The third-order valence-corrected chi connectivity index (χ3v) is 4.51. The molecule has 0 aliphatic rings. The molecule has 1 unspecified atom stereocenters. The topological polar surface area (TPSA) is 93.5 Å². The van der Waals surface area contributed by atoms with Crippen LogP contribution in [0.15, 0.2) is 54.7 Å². The van der Waals surface area contributed by atoms with E-state index in [2.05, 4.69) is 16.4 Å². The summed E-state index contributed by atoms with van der Waals surface area (Å²) in [6.45, 7) is 0. The number of nitriles is 1. The van der Waals surface area contributed by atoms with Crippen molar-refractivity contribution < 1.29 is 19.0 Å². The number of nitrogens with one attached hydrogen (secondary N) is 1. The molecule has 0 radical (unpaired) electrons. The third-order valence-electron chi connectivity index (χ3n) is 4.51. The van der Waals surface area contributed by atoms with Crippen LogP contribution in [0.3, 0.4) is 0 Å². The lowest BCUT2D eigenvalue weighted by atomic mass is 10.1. The number of hydrogen-bond acceptors (Lipinski definition) is 6. The summed E-state index contributed by atoms with van der Waals surface area (Å²) in [5.41, 5.74) is 2.12. The first-order valence-corrected chi connectivity index (χ1v) is 9.13. The normalized spacial score (nSPS) is 11.7. The second-order valence-electron chi connectivity index (χ2n) is 6.29. The fraction of sp³-hybridized carbons (Fsp3) is 0.174. The van der Waals surface area contributed by atoms with Gasteiger partial charge in [0, 0.05) is 23.2 Å². The van der Waals surface area contributed by atoms with Gasteiger partial charge in [0.25, 0.3) is 0 Å². The van der Waals surface area contributed by atoms with E-state index in [-0.39, 0.29) is 0 Å². The van der Waals surface area contributed by atoms with Crippen LogP contribution in [0.2, 0.25) is 0 Å². The Hall–Kier alpha value is -4.05. The molecule has 152 valence electrons. The Balaban J connectivity index is 1.83. The number of fused-ring (bicyclic) bond motifs is 1. The summed E-state index contributed by atoms with van der Waals surface area (Å²) >= 11 is 0. The number of aromatic nitrogens is 1. The molecule has 3 rings (SSSR count). The van der Waals surface area contributed by atoms with Gasteiger partial charge in [0.05, 0.1) is 32.9 Å². The van der Waals surface area contributed by atoms with Crippen LogP contribution in [0.1, 0.15) is 17.2 Å². The summed E-state index contributed by atoms with van der Waals surface area (Å²) in [5.74, 6) is 0.802. The monoisotopic (exact) mass is 403 g/mol. The van der Waals surface area contributed by atoms with Gasteiger partial charge in [-0.05, 0) is 29.8 Å². The summed E-state index contributed by atoms with van der Waals surface area (Å²) in [4.78, 5) is 16.8. The van der Waals surface area contributed by atoms with Crippen LogP contribution in [0.4, 0.5) is 0 Å². The summed E-state index contributed by atoms with van der Waals surface area (Å²) in [6.07, 6.45) is 4.76. The highest BCUT2D eigenvalue weighted by atomic mass is 16.5. The molecule has 1 aromatic heterocycles. The van der Waals surface area contributed by atoms with Crippen LogP contribution < -0.4 is 19.5 Å². The van der Waals surface area contributed by atoms with Gasteiger partial charge in [0.2, 0.25) is 11.7 Å². The van der Waals surface area contributed by atoms with Crippen molar-refractivity contribution in [3.05, 3.63) is 65.9 Å². The zero-order valence-corrected chi connectivity index (χ0v) is 16.9. The van der Waals surface area contributed by atoms with Crippen molar-refractivity contribution >= 4 is 22.9 Å². The molecule has 1 heterocycles. The highest BCUT2D eigenvalue weighted by Crippen LogP contribution is 2.39. The highest BCUT2D eigenvalue weighted by molar-refractivity contribution is 5.95. The molecule has 1 amide bonds. The van der Waals surface area contributed by atoms with E-state index in [0.29, 0.717) is 22.8 Å². The van der Waals surface area contributed by atoms with E-state index >= 15 is 0 Å². The van der Waals surface area contributed by atoms with Crippen LogP contribution in [-0.4, -0.2) is 32.2 Å². The molecular weight excluding hydrogens is 382 g/mol. The van der Waals surface area contributed by atoms with Gasteiger partial charge in [-0.15, -0.1) is 0 Å². The minimum atomic E-state index is -0.901. The molecule has 3 aromatic rings. The predicted octanol–water partition coefficient (Wildman–Crippen LogP) is 3.65. The number of rotatable bonds is 7. The number of nitrogens with zero attached hydrogens (tertiary/aromatic N) is 2. The lowest BCUT2D eigenvalue weighted by Gasteiger charge is -2.17. The van der Waals surface area contributed by atoms with Gasteiger partial charge in [0.15, 0.2) is 11.5 Å². The molecule has 7 nitrogen and oxygen atoms in total. The number of amides is 1. The SMILES string of the molecule is COc1cc(C(C#N)NC(=O)/C=C/c2cccc3cccnc23)cc(OC)c1OC. The maximum absolute atomic E-state index is 12.5. The average molecular weight is 403 g/mol. The van der Waals surface area contributed by atoms with Gasteiger partial charge in [-0.2, -0.15) is 5.26 Å². The average Bonchev–Trinajstić information content (AvgIpc) is 2.80. The van der Waals surface area contributed by atoms with Crippen LogP contribution in [-0.2, 0) is 4.79 Å². The van der Waals surface area contributed by atoms with Gasteiger partial charge in [-0.25, -0.2) is 0 Å². The molecule has 2 aromatic carbocycles. The molecule has 1 atom stereocenters. The Morgan fingerprint density at radius 3 is 2.43 bits per heavy atom. The standard InChI is InChI=1S/C23H21N3O4/c1-28-19-12-17(13-20(29-2)23(19)30-3)18(14-24)26-21(27)10-9-16-7-4-6-15-8-5-11-25-22(15)16/h4-13,18H,1-3H3,(H,26,27)/b10-9+. The van der Waals surface area contributed by atoms with Crippen LogP contribution in [0.5, 0.6) is 17.2 Å². The van der Waals surface area contributed by atoms with Gasteiger partial charge in [-0.3, -0.25) is 9.78 Å². The number of ether oxygens (including phenoxy) is 3. The fourth-order valence-electron chi connectivity index (χ4n) is 3.08. The Bertz CT molecular complexity index is 1100. The number of pyridine rings is 1. The van der Waals surface area contributed by atoms with Gasteiger partial charge in [-0.1, -0.05) is 24.3 Å². The minimum absolute atomic E-state index is 0.402. The van der Waals surface area contributed by atoms with Gasteiger partial charge >= 0.3 is 0 Å². The molecule has 0 saturated carbocycles. The summed E-state index contributed by atoms with van der Waals surface area (Å²) in [5, 5.41) is 13.3. The zero-order chi connectivity index (χ0) is 21.5. The van der Waals surface area contributed by atoms with Crippen LogP contribution in [0.25, 0.3) is 17.0 Å². The number of methoxy groups -OCH3 is 3. The first kappa shape index (κ1) is 20.7. The molecule has 0 aliphatic carbocycles. The van der Waals surface area contributed by atoms with E-state index in [9.17, 15) is 10.1 Å². The quantitative estimate of drug-likeness (QED) is 0.605. The van der Waals surface area contributed by atoms with Crippen molar-refractivity contribution in [1.29, 1.82) is 5.26 Å². The minimum Gasteiger partial charge on any atom is -0.493 e. The van der Waals surface area contributed by atoms with Crippen molar-refractivity contribution in [3.63, 3.8) is 0 Å². The molecule has 0 bridgehead atoms. The predicted molar refractivity (Wildman–Crippen MR) is 113 cm³/mol. The number of para-hydroxylation sites is 1. The van der Waals surface area contributed by atoms with E-state index in [1.807, 2.05) is 30.3 Å². The largest absolute Gasteiger partial charge is 0.493 e. The highest BCUT2D eigenvalue weighted by Gasteiger charge is 2.19. The Morgan fingerprint density at radius 2 is 1.80 bits per heavy atom. The number of benzene rings is 2. The second kappa shape index (κ2) is 9.43. The summed E-state index contributed by atoms with van der Waals surface area (Å²) < 4.78 is 15.9. The summed E-state index contributed by atoms with van der Waals surface area (Å²) in [6, 6.07) is 14.0. The maximum atomic E-state index is 12.5. The van der Waals surface area contributed by atoms with E-state index in [1.165, 1.54) is 27.4 Å². The van der Waals surface area contributed by atoms with E-state index in [1.54, 1.807) is 24.4 Å². The Labute approximate surface area is 174 Å². The molecule has 7 heteroatoms. The zero-order valence-electron chi connectivity index (χ0n) is 16.9. The lowest BCUT2D eigenvalue weighted by Crippen LogP contribution is -2.25. The smallest absolute Gasteiger partial charge is 0.245 e. The summed E-state index contributed by atoms with van der Waals surface area (Å²) in [7, 11) is 4.47.